The zero-order valence-electron chi connectivity index (χ0n) is 24.0. The molecule has 0 aromatic heterocycles. The number of hydrogen-bond donors (Lipinski definition) is 0. The van der Waals surface area contributed by atoms with Crippen LogP contribution in [0.4, 0.5) is 0 Å². The highest BCUT2D eigenvalue weighted by Crippen LogP contribution is 2.76. The van der Waals surface area contributed by atoms with Crippen molar-refractivity contribution in [2.24, 2.45) is 50.7 Å². The molecular formula is C32H48O4. The van der Waals surface area contributed by atoms with E-state index in [1.54, 1.807) is 6.92 Å². The van der Waals surface area contributed by atoms with E-state index >= 15 is 0 Å². The quantitative estimate of drug-likeness (QED) is 0.309. The molecule has 4 fully saturated rings. The first-order valence-corrected chi connectivity index (χ1v) is 14.6. The summed E-state index contributed by atoms with van der Waals surface area (Å²) in [6.07, 6.45) is 10.0. The summed E-state index contributed by atoms with van der Waals surface area (Å²) in [5.41, 5.74) is 2.12. The molecule has 200 valence electrons. The molecule has 0 aromatic carbocycles. The normalized spacial score (nSPS) is 47.5. The molecule has 0 aromatic rings. The maximum atomic E-state index is 13.3. The SMILES string of the molecule is CC(=O)OC1CC[C@@]2(C)C(CC[C@]3(C)C2CCC2C4=C(C(C)C)C(=O)C[C@]4(C=O)CC[C@]23C)C1(C)C. The molecule has 4 heteroatoms. The van der Waals surface area contributed by atoms with Gasteiger partial charge in [-0.05, 0) is 102 Å². The fraction of sp³-hybridized carbons (Fsp3) is 0.844. The number of fused-ring (bicyclic) bond motifs is 7. The van der Waals surface area contributed by atoms with Crippen LogP contribution in [0.3, 0.4) is 0 Å². The van der Waals surface area contributed by atoms with Crippen LogP contribution in [-0.2, 0) is 19.1 Å². The van der Waals surface area contributed by atoms with Crippen LogP contribution in [0.1, 0.15) is 113 Å². The van der Waals surface area contributed by atoms with E-state index < -0.39 is 5.41 Å². The summed E-state index contributed by atoms with van der Waals surface area (Å²) in [5, 5.41) is 0. The van der Waals surface area contributed by atoms with Gasteiger partial charge in [0.25, 0.3) is 0 Å². The first kappa shape index (κ1) is 26.2. The van der Waals surface area contributed by atoms with E-state index in [1.807, 2.05) is 0 Å². The number of hydrogen-bond acceptors (Lipinski definition) is 4. The summed E-state index contributed by atoms with van der Waals surface area (Å²) >= 11 is 0. The van der Waals surface area contributed by atoms with Gasteiger partial charge >= 0.3 is 5.97 Å². The molecule has 4 unspecified atom stereocenters. The molecule has 0 bridgehead atoms. The minimum atomic E-state index is -0.546. The van der Waals surface area contributed by atoms with E-state index in [-0.39, 0.29) is 45.4 Å². The van der Waals surface area contributed by atoms with Gasteiger partial charge in [0.1, 0.15) is 12.4 Å². The highest BCUT2D eigenvalue weighted by Gasteiger charge is 2.70. The summed E-state index contributed by atoms with van der Waals surface area (Å²) in [4.78, 5) is 37.7. The van der Waals surface area contributed by atoms with Gasteiger partial charge in [0, 0.05) is 18.8 Å². The van der Waals surface area contributed by atoms with Crippen molar-refractivity contribution >= 4 is 18.0 Å². The van der Waals surface area contributed by atoms with Gasteiger partial charge in [0.05, 0.1) is 5.41 Å². The van der Waals surface area contributed by atoms with Gasteiger partial charge in [-0.15, -0.1) is 0 Å². The van der Waals surface area contributed by atoms with Crippen LogP contribution in [0.15, 0.2) is 11.1 Å². The van der Waals surface area contributed by atoms with Gasteiger partial charge in [0.2, 0.25) is 0 Å². The zero-order valence-corrected chi connectivity index (χ0v) is 24.0. The molecule has 36 heavy (non-hydrogen) atoms. The highest BCUT2D eigenvalue weighted by molar-refractivity contribution is 6.03. The number of ether oxygens (including phenoxy) is 1. The van der Waals surface area contributed by atoms with E-state index in [4.69, 9.17) is 4.74 Å². The Kier molecular flexibility index (Phi) is 5.83. The van der Waals surface area contributed by atoms with Crippen molar-refractivity contribution in [3.8, 4) is 0 Å². The molecule has 5 rings (SSSR count). The number of esters is 1. The molecule has 0 aliphatic heterocycles. The van der Waals surface area contributed by atoms with E-state index in [0.29, 0.717) is 24.2 Å². The Balaban J connectivity index is 1.56. The van der Waals surface area contributed by atoms with Crippen LogP contribution in [-0.4, -0.2) is 24.1 Å². The Bertz CT molecular complexity index is 1020. The molecule has 0 spiro atoms. The maximum absolute atomic E-state index is 13.3. The van der Waals surface area contributed by atoms with Crippen LogP contribution in [0.5, 0.6) is 0 Å². The van der Waals surface area contributed by atoms with Gasteiger partial charge in [-0.1, -0.05) is 48.5 Å². The molecule has 0 N–H and O–H groups in total. The third-order valence-electron chi connectivity index (χ3n) is 13.0. The second-order valence-corrected chi connectivity index (χ2v) is 14.9. The zero-order chi connectivity index (χ0) is 26.5. The molecule has 0 saturated heterocycles. The first-order valence-electron chi connectivity index (χ1n) is 14.6. The van der Waals surface area contributed by atoms with Crippen molar-refractivity contribution in [3.63, 3.8) is 0 Å². The average molecular weight is 497 g/mol. The second kappa shape index (κ2) is 8.03. The third-order valence-corrected chi connectivity index (χ3v) is 13.0. The van der Waals surface area contributed by atoms with Crippen molar-refractivity contribution in [1.82, 2.24) is 0 Å². The Morgan fingerprint density at radius 2 is 1.61 bits per heavy atom. The molecular weight excluding hydrogens is 448 g/mol. The first-order chi connectivity index (χ1) is 16.7. The molecule has 5 aliphatic rings. The Labute approximate surface area is 218 Å². The van der Waals surface area contributed by atoms with Gasteiger partial charge < -0.3 is 9.53 Å². The lowest BCUT2D eigenvalue weighted by Crippen LogP contribution is -2.65. The summed E-state index contributed by atoms with van der Waals surface area (Å²) in [6.45, 7) is 18.1. The van der Waals surface area contributed by atoms with E-state index in [2.05, 4.69) is 48.5 Å². The lowest BCUT2D eigenvalue weighted by Gasteiger charge is -2.72. The summed E-state index contributed by atoms with van der Waals surface area (Å²) in [7, 11) is 0. The largest absolute Gasteiger partial charge is 0.462 e. The predicted octanol–water partition coefficient (Wildman–Crippen LogP) is 7.10. The van der Waals surface area contributed by atoms with Crippen molar-refractivity contribution in [2.45, 2.75) is 119 Å². The summed E-state index contributed by atoms with van der Waals surface area (Å²) < 4.78 is 5.87. The Morgan fingerprint density at radius 1 is 0.917 bits per heavy atom. The minimum Gasteiger partial charge on any atom is -0.462 e. The number of ketones is 1. The van der Waals surface area contributed by atoms with Crippen LogP contribution in [0.25, 0.3) is 0 Å². The van der Waals surface area contributed by atoms with Gasteiger partial charge in [0.15, 0.2) is 5.78 Å². The fourth-order valence-electron chi connectivity index (χ4n) is 11.2. The van der Waals surface area contributed by atoms with Crippen LogP contribution in [0.2, 0.25) is 0 Å². The number of allylic oxidation sites excluding steroid dienone is 2. The van der Waals surface area contributed by atoms with E-state index in [1.165, 1.54) is 12.0 Å². The van der Waals surface area contributed by atoms with Gasteiger partial charge in [-0.3, -0.25) is 9.59 Å². The number of carbonyl (C=O) groups is 3. The van der Waals surface area contributed by atoms with Gasteiger partial charge in [-0.2, -0.15) is 0 Å². The Morgan fingerprint density at radius 3 is 2.22 bits per heavy atom. The van der Waals surface area contributed by atoms with Crippen molar-refractivity contribution in [3.05, 3.63) is 11.1 Å². The van der Waals surface area contributed by atoms with Crippen LogP contribution >= 0.6 is 0 Å². The van der Waals surface area contributed by atoms with Crippen molar-refractivity contribution in [1.29, 1.82) is 0 Å². The number of carbonyl (C=O) groups excluding carboxylic acids is 3. The maximum Gasteiger partial charge on any atom is 0.302 e. The van der Waals surface area contributed by atoms with E-state index in [9.17, 15) is 14.4 Å². The molecule has 0 radical (unpaired) electrons. The molecule has 5 aliphatic carbocycles. The van der Waals surface area contributed by atoms with Crippen molar-refractivity contribution < 1.29 is 19.1 Å². The monoisotopic (exact) mass is 496 g/mol. The lowest BCUT2D eigenvalue weighted by atomic mass is 9.33. The second-order valence-electron chi connectivity index (χ2n) is 14.9. The molecule has 0 amide bonds. The summed E-state index contributed by atoms with van der Waals surface area (Å²) in [5.74, 6) is 1.69. The lowest BCUT2D eigenvalue weighted by molar-refractivity contribution is -0.232. The molecule has 4 saturated carbocycles. The molecule has 0 heterocycles. The Hall–Kier alpha value is -1.45. The smallest absolute Gasteiger partial charge is 0.302 e. The molecule has 4 nitrogen and oxygen atoms in total. The molecule has 8 atom stereocenters. The minimum absolute atomic E-state index is 0.00416. The summed E-state index contributed by atoms with van der Waals surface area (Å²) in [6, 6.07) is 0. The van der Waals surface area contributed by atoms with Crippen molar-refractivity contribution in [2.75, 3.05) is 0 Å². The number of rotatable bonds is 3. The number of Topliss-reactive ketones (excluding diaryl/α,β-unsaturated/α-hetero) is 1. The average Bonchev–Trinajstić information content (AvgIpc) is 3.09. The van der Waals surface area contributed by atoms with Crippen LogP contribution < -0.4 is 0 Å². The predicted molar refractivity (Wildman–Crippen MR) is 141 cm³/mol. The topological polar surface area (TPSA) is 60.4 Å². The van der Waals surface area contributed by atoms with Crippen LogP contribution in [0, 0.1) is 50.7 Å². The van der Waals surface area contributed by atoms with E-state index in [0.717, 1.165) is 56.8 Å². The highest BCUT2D eigenvalue weighted by atomic mass is 16.5. The third kappa shape index (κ3) is 3.14. The fourth-order valence-corrected chi connectivity index (χ4v) is 11.2. The van der Waals surface area contributed by atoms with Gasteiger partial charge in [-0.25, -0.2) is 0 Å². The number of aldehydes is 1. The standard InChI is InChI=1S/C32H48O4/c1-19(2)26-22(35)17-32(18-33)16-15-30(7)21(27(26)32)9-10-24-29(6)13-12-25(36-20(3)34)28(4,5)23(29)11-14-31(24,30)8/h18-19,21,23-25H,9-17H2,1-8H3/t21?,23?,24?,25?,29-,30+,31+,32-/m0/s1.